The molecule has 0 atom stereocenters. The highest BCUT2D eigenvalue weighted by Gasteiger charge is 2.06. The molecule has 0 radical (unpaired) electrons. The second-order valence-electron chi connectivity index (χ2n) is 3.99. The lowest BCUT2D eigenvalue weighted by Gasteiger charge is -2.09. The molecule has 3 heteroatoms. The molecule has 2 nitrogen and oxygen atoms in total. The van der Waals surface area contributed by atoms with Crippen LogP contribution in [0.25, 0.3) is 10.4 Å². The predicted molar refractivity (Wildman–Crippen MR) is 74.4 cm³/mol. The Morgan fingerprint density at radius 2 is 2.18 bits per heavy atom. The molecule has 1 heterocycles. The van der Waals surface area contributed by atoms with Gasteiger partial charge >= 0.3 is 0 Å². The average molecular weight is 247 g/mol. The summed E-state index contributed by atoms with van der Waals surface area (Å²) in [6.45, 7) is 0.790. The maximum atomic E-state index is 5.86. The van der Waals surface area contributed by atoms with E-state index in [4.69, 9.17) is 10.5 Å². The lowest BCUT2D eigenvalue weighted by Crippen LogP contribution is -1.96. The molecule has 0 saturated carbocycles. The number of ether oxygens (including phenoxy) is 1. The van der Waals surface area contributed by atoms with Gasteiger partial charge in [0.05, 0.1) is 0 Å². The van der Waals surface area contributed by atoms with Crippen molar-refractivity contribution in [3.63, 3.8) is 0 Å². The zero-order valence-electron chi connectivity index (χ0n) is 9.98. The average Bonchev–Trinajstić information content (AvgIpc) is 2.83. The maximum Gasteiger partial charge on any atom is 0.0465 e. The summed E-state index contributed by atoms with van der Waals surface area (Å²) in [4.78, 5) is 1.30. The van der Waals surface area contributed by atoms with Crippen LogP contribution in [0.1, 0.15) is 12.0 Å². The van der Waals surface area contributed by atoms with Gasteiger partial charge in [-0.25, -0.2) is 0 Å². The van der Waals surface area contributed by atoms with Crippen LogP contribution in [0.15, 0.2) is 35.7 Å². The Labute approximate surface area is 106 Å². The Morgan fingerprint density at radius 3 is 2.88 bits per heavy atom. The molecular formula is C14H17NOS. The third-order valence-electron chi connectivity index (χ3n) is 2.71. The minimum atomic E-state index is 0.790. The Balaban J connectivity index is 2.25. The first-order valence-electron chi connectivity index (χ1n) is 5.72. The smallest absolute Gasteiger partial charge is 0.0465 e. The summed E-state index contributed by atoms with van der Waals surface area (Å²) in [5.41, 5.74) is 9.29. The molecule has 90 valence electrons. The maximum absolute atomic E-state index is 5.86. The van der Waals surface area contributed by atoms with Crippen LogP contribution in [-0.4, -0.2) is 13.7 Å². The zero-order chi connectivity index (χ0) is 12.1. The number of rotatable bonds is 5. The van der Waals surface area contributed by atoms with E-state index in [1.54, 1.807) is 18.4 Å². The summed E-state index contributed by atoms with van der Waals surface area (Å²) < 4.78 is 5.10. The van der Waals surface area contributed by atoms with E-state index in [2.05, 4.69) is 29.6 Å². The van der Waals surface area contributed by atoms with Gasteiger partial charge in [-0.15, -0.1) is 11.3 Å². The molecule has 0 aliphatic rings. The van der Waals surface area contributed by atoms with Crippen LogP contribution in [-0.2, 0) is 11.2 Å². The summed E-state index contributed by atoms with van der Waals surface area (Å²) >= 11 is 1.76. The highest BCUT2D eigenvalue weighted by atomic mass is 32.1. The van der Waals surface area contributed by atoms with Crippen LogP contribution >= 0.6 is 11.3 Å². The van der Waals surface area contributed by atoms with Crippen molar-refractivity contribution in [1.29, 1.82) is 0 Å². The monoisotopic (exact) mass is 247 g/mol. The van der Waals surface area contributed by atoms with E-state index in [1.165, 1.54) is 16.0 Å². The second-order valence-corrected chi connectivity index (χ2v) is 4.94. The number of benzene rings is 1. The summed E-state index contributed by atoms with van der Waals surface area (Å²) in [5.74, 6) is 0. The van der Waals surface area contributed by atoms with Crippen molar-refractivity contribution < 1.29 is 4.74 Å². The number of hydrogen-bond donors (Lipinski definition) is 1. The van der Waals surface area contributed by atoms with Gasteiger partial charge in [0, 0.05) is 24.3 Å². The fraction of sp³-hybridized carbons (Fsp3) is 0.286. The molecule has 0 unspecified atom stereocenters. The minimum absolute atomic E-state index is 0.790. The highest BCUT2D eigenvalue weighted by molar-refractivity contribution is 7.13. The van der Waals surface area contributed by atoms with E-state index in [0.717, 1.165) is 25.1 Å². The molecule has 0 saturated heterocycles. The van der Waals surface area contributed by atoms with E-state index in [0.29, 0.717) is 0 Å². The minimum Gasteiger partial charge on any atom is -0.399 e. The van der Waals surface area contributed by atoms with E-state index in [9.17, 15) is 0 Å². The number of anilines is 1. The number of methoxy groups -OCH3 is 1. The van der Waals surface area contributed by atoms with Crippen molar-refractivity contribution in [3.8, 4) is 10.4 Å². The molecule has 2 rings (SSSR count). The normalized spacial score (nSPS) is 10.6. The predicted octanol–water partition coefficient (Wildman–Crippen LogP) is 3.58. The Hall–Kier alpha value is -1.32. The number of nitrogens with two attached hydrogens (primary N) is 1. The van der Waals surface area contributed by atoms with Gasteiger partial charge in [0.1, 0.15) is 0 Å². The first-order chi connectivity index (χ1) is 8.31. The highest BCUT2D eigenvalue weighted by Crippen LogP contribution is 2.30. The third-order valence-corrected chi connectivity index (χ3v) is 3.61. The van der Waals surface area contributed by atoms with Crippen LogP contribution in [0, 0.1) is 0 Å². The number of nitrogen functional groups attached to an aromatic ring is 1. The van der Waals surface area contributed by atoms with Crippen molar-refractivity contribution in [2.24, 2.45) is 0 Å². The molecule has 0 amide bonds. The number of aryl methyl sites for hydroxylation is 1. The van der Waals surface area contributed by atoms with E-state index >= 15 is 0 Å². The quantitative estimate of drug-likeness (QED) is 0.647. The van der Waals surface area contributed by atoms with Gasteiger partial charge in [0.2, 0.25) is 0 Å². The SMILES string of the molecule is COCCCc1cc(N)ccc1-c1cccs1. The third kappa shape index (κ3) is 3.08. The Kier molecular flexibility index (Phi) is 4.18. The molecule has 0 aliphatic carbocycles. The Bertz CT molecular complexity index is 465. The van der Waals surface area contributed by atoms with Crippen molar-refractivity contribution in [1.82, 2.24) is 0 Å². The first kappa shape index (κ1) is 12.1. The van der Waals surface area contributed by atoms with Crippen molar-refractivity contribution in [2.75, 3.05) is 19.5 Å². The summed E-state index contributed by atoms with van der Waals surface area (Å²) in [7, 11) is 1.74. The van der Waals surface area contributed by atoms with Crippen LogP contribution < -0.4 is 5.73 Å². The van der Waals surface area contributed by atoms with Crippen LogP contribution in [0.5, 0.6) is 0 Å². The van der Waals surface area contributed by atoms with Crippen molar-refractivity contribution in [2.45, 2.75) is 12.8 Å². The number of thiophene rings is 1. The van der Waals surface area contributed by atoms with E-state index < -0.39 is 0 Å². The van der Waals surface area contributed by atoms with E-state index in [-0.39, 0.29) is 0 Å². The summed E-state index contributed by atoms with van der Waals surface area (Å²) in [5, 5.41) is 2.10. The molecule has 0 spiro atoms. The molecule has 2 aromatic rings. The second kappa shape index (κ2) is 5.84. The van der Waals surface area contributed by atoms with Crippen LogP contribution in [0.4, 0.5) is 5.69 Å². The van der Waals surface area contributed by atoms with Gasteiger partial charge in [-0.3, -0.25) is 0 Å². The Morgan fingerprint density at radius 1 is 1.29 bits per heavy atom. The molecular weight excluding hydrogens is 230 g/mol. The topological polar surface area (TPSA) is 35.2 Å². The van der Waals surface area contributed by atoms with Gasteiger partial charge in [-0.05, 0) is 47.5 Å². The number of hydrogen-bond acceptors (Lipinski definition) is 3. The molecule has 1 aromatic heterocycles. The van der Waals surface area contributed by atoms with Gasteiger partial charge in [0.25, 0.3) is 0 Å². The van der Waals surface area contributed by atoms with Gasteiger partial charge < -0.3 is 10.5 Å². The summed E-state index contributed by atoms with van der Waals surface area (Å²) in [6, 6.07) is 10.4. The van der Waals surface area contributed by atoms with Gasteiger partial charge in [0.15, 0.2) is 0 Å². The lowest BCUT2D eigenvalue weighted by molar-refractivity contribution is 0.195. The van der Waals surface area contributed by atoms with Gasteiger partial charge in [-0.2, -0.15) is 0 Å². The van der Waals surface area contributed by atoms with Crippen molar-refractivity contribution >= 4 is 17.0 Å². The lowest BCUT2D eigenvalue weighted by atomic mass is 10.0. The van der Waals surface area contributed by atoms with Crippen LogP contribution in [0.2, 0.25) is 0 Å². The largest absolute Gasteiger partial charge is 0.399 e. The zero-order valence-corrected chi connectivity index (χ0v) is 10.8. The fourth-order valence-electron chi connectivity index (χ4n) is 1.90. The molecule has 0 bridgehead atoms. The van der Waals surface area contributed by atoms with Gasteiger partial charge in [-0.1, -0.05) is 12.1 Å². The molecule has 0 aliphatic heterocycles. The molecule has 1 aromatic carbocycles. The molecule has 17 heavy (non-hydrogen) atoms. The van der Waals surface area contributed by atoms with Crippen molar-refractivity contribution in [3.05, 3.63) is 41.3 Å². The summed E-state index contributed by atoms with van der Waals surface area (Å²) in [6.07, 6.45) is 2.03. The molecule has 0 fully saturated rings. The fourth-order valence-corrected chi connectivity index (χ4v) is 2.69. The standard InChI is InChI=1S/C14H17NOS/c1-16-8-2-4-11-10-12(15)6-7-13(11)14-5-3-9-17-14/h3,5-7,9-10H,2,4,8,15H2,1H3. The van der Waals surface area contributed by atoms with Crippen LogP contribution in [0.3, 0.4) is 0 Å². The first-order valence-corrected chi connectivity index (χ1v) is 6.60. The molecule has 2 N–H and O–H groups in total. The van der Waals surface area contributed by atoms with E-state index in [1.807, 2.05) is 6.07 Å².